The molecule has 0 aliphatic heterocycles. The molecule has 1 amide bonds. The highest BCUT2D eigenvalue weighted by molar-refractivity contribution is 5.94. The number of carbonyl (C=O) groups is 2. The molecule has 1 atom stereocenters. The SMILES string of the molecule is O=C[C@H](Cc1ccccc1)NC(=O)c1cncn1-c1nc2ccccc2[nH]1. The molecule has 134 valence electrons. The van der Waals surface area contributed by atoms with Gasteiger partial charge in [-0.3, -0.25) is 9.36 Å². The lowest BCUT2D eigenvalue weighted by Crippen LogP contribution is -2.38. The number of nitrogens with zero attached hydrogens (tertiary/aromatic N) is 3. The molecular weight excluding hydrogens is 342 g/mol. The van der Waals surface area contributed by atoms with Gasteiger partial charge in [-0.25, -0.2) is 9.97 Å². The maximum atomic E-state index is 12.7. The average molecular weight is 359 g/mol. The van der Waals surface area contributed by atoms with Crippen LogP contribution in [0.15, 0.2) is 67.1 Å². The summed E-state index contributed by atoms with van der Waals surface area (Å²) in [5.74, 6) is 0.102. The molecule has 0 unspecified atom stereocenters. The molecule has 27 heavy (non-hydrogen) atoms. The van der Waals surface area contributed by atoms with Gasteiger partial charge in [0.15, 0.2) is 0 Å². The highest BCUT2D eigenvalue weighted by Crippen LogP contribution is 2.15. The summed E-state index contributed by atoms with van der Waals surface area (Å²) in [4.78, 5) is 35.8. The van der Waals surface area contributed by atoms with Gasteiger partial charge >= 0.3 is 0 Å². The molecule has 0 radical (unpaired) electrons. The maximum absolute atomic E-state index is 12.7. The van der Waals surface area contributed by atoms with Crippen molar-refractivity contribution >= 4 is 23.2 Å². The van der Waals surface area contributed by atoms with Gasteiger partial charge < -0.3 is 15.1 Å². The molecule has 0 saturated carbocycles. The van der Waals surface area contributed by atoms with E-state index in [1.807, 2.05) is 54.6 Å². The van der Waals surface area contributed by atoms with Gasteiger partial charge in [0, 0.05) is 0 Å². The van der Waals surface area contributed by atoms with Crippen LogP contribution in [0.2, 0.25) is 0 Å². The fourth-order valence-corrected chi connectivity index (χ4v) is 2.93. The zero-order chi connectivity index (χ0) is 18.6. The summed E-state index contributed by atoms with van der Waals surface area (Å²) in [6.07, 6.45) is 4.13. The van der Waals surface area contributed by atoms with E-state index in [4.69, 9.17) is 0 Å². The molecule has 0 spiro atoms. The van der Waals surface area contributed by atoms with Crippen molar-refractivity contribution in [3.8, 4) is 5.95 Å². The standard InChI is InChI=1S/C20H17N5O2/c26-12-15(10-14-6-2-1-3-7-14)22-19(27)18-11-21-13-25(18)20-23-16-8-4-5-9-17(16)24-20/h1-9,11-13,15H,10H2,(H,22,27)(H,23,24)/t15-/m0/s1. The molecule has 0 bridgehead atoms. The second-order valence-electron chi connectivity index (χ2n) is 6.13. The number of H-pyrrole nitrogens is 1. The number of hydrogen-bond acceptors (Lipinski definition) is 4. The average Bonchev–Trinajstić information content (AvgIpc) is 3.34. The number of imidazole rings is 2. The van der Waals surface area contributed by atoms with Crippen molar-refractivity contribution in [1.29, 1.82) is 0 Å². The lowest BCUT2D eigenvalue weighted by Gasteiger charge is -2.13. The van der Waals surface area contributed by atoms with Crippen LogP contribution in [0, 0.1) is 0 Å². The predicted octanol–water partition coefficient (Wildman–Crippen LogP) is 2.29. The van der Waals surface area contributed by atoms with Crippen molar-refractivity contribution in [3.63, 3.8) is 0 Å². The van der Waals surface area contributed by atoms with Crippen LogP contribution in [0.25, 0.3) is 17.0 Å². The quantitative estimate of drug-likeness (QED) is 0.517. The molecule has 2 N–H and O–H groups in total. The number of para-hydroxylation sites is 2. The Kier molecular flexibility index (Phi) is 4.49. The van der Waals surface area contributed by atoms with Gasteiger partial charge in [-0.2, -0.15) is 0 Å². The summed E-state index contributed by atoms with van der Waals surface area (Å²) >= 11 is 0. The Hall–Kier alpha value is -3.74. The monoisotopic (exact) mass is 359 g/mol. The third-order valence-electron chi connectivity index (χ3n) is 4.26. The summed E-state index contributed by atoms with van der Waals surface area (Å²) in [6, 6.07) is 16.5. The number of aldehydes is 1. The summed E-state index contributed by atoms with van der Waals surface area (Å²) in [5.41, 5.74) is 2.93. The summed E-state index contributed by atoms with van der Waals surface area (Å²) in [5, 5.41) is 2.75. The first-order valence-corrected chi connectivity index (χ1v) is 8.52. The Balaban J connectivity index is 1.56. The highest BCUT2D eigenvalue weighted by Gasteiger charge is 2.19. The molecule has 0 fully saturated rings. The smallest absolute Gasteiger partial charge is 0.270 e. The molecule has 0 saturated heterocycles. The van der Waals surface area contributed by atoms with Crippen LogP contribution in [0.4, 0.5) is 0 Å². The van der Waals surface area contributed by atoms with Gasteiger partial charge in [-0.05, 0) is 24.1 Å². The first-order chi connectivity index (χ1) is 13.2. The Morgan fingerprint density at radius 3 is 2.70 bits per heavy atom. The van der Waals surface area contributed by atoms with E-state index < -0.39 is 6.04 Å². The van der Waals surface area contributed by atoms with Crippen LogP contribution in [0.5, 0.6) is 0 Å². The number of aromatic nitrogens is 4. The van der Waals surface area contributed by atoms with E-state index in [1.165, 1.54) is 12.5 Å². The molecule has 2 aromatic carbocycles. The van der Waals surface area contributed by atoms with Crippen LogP contribution < -0.4 is 5.32 Å². The van der Waals surface area contributed by atoms with E-state index in [0.29, 0.717) is 18.1 Å². The number of rotatable bonds is 6. The number of carbonyl (C=O) groups excluding carboxylic acids is 2. The van der Waals surface area contributed by atoms with Crippen LogP contribution in [0.3, 0.4) is 0 Å². The van der Waals surface area contributed by atoms with Crippen LogP contribution in [-0.2, 0) is 11.2 Å². The molecule has 4 rings (SSSR count). The maximum Gasteiger partial charge on any atom is 0.270 e. The van der Waals surface area contributed by atoms with Gasteiger partial charge in [-0.15, -0.1) is 0 Å². The van der Waals surface area contributed by atoms with Crippen LogP contribution >= 0.6 is 0 Å². The summed E-state index contributed by atoms with van der Waals surface area (Å²) in [7, 11) is 0. The van der Waals surface area contributed by atoms with Crippen molar-refractivity contribution in [2.45, 2.75) is 12.5 Å². The summed E-state index contributed by atoms with van der Waals surface area (Å²) < 4.78 is 1.57. The van der Waals surface area contributed by atoms with E-state index in [1.54, 1.807) is 4.57 Å². The second-order valence-corrected chi connectivity index (χ2v) is 6.13. The molecule has 0 aliphatic rings. The zero-order valence-corrected chi connectivity index (χ0v) is 14.4. The number of fused-ring (bicyclic) bond motifs is 1. The topological polar surface area (TPSA) is 92.7 Å². The Labute approximate surface area is 155 Å². The van der Waals surface area contributed by atoms with E-state index in [0.717, 1.165) is 22.9 Å². The van der Waals surface area contributed by atoms with E-state index >= 15 is 0 Å². The number of benzene rings is 2. The first-order valence-electron chi connectivity index (χ1n) is 8.52. The molecule has 2 aromatic heterocycles. The minimum Gasteiger partial charge on any atom is -0.341 e. The van der Waals surface area contributed by atoms with E-state index in [9.17, 15) is 9.59 Å². The minimum atomic E-state index is -0.626. The van der Waals surface area contributed by atoms with Crippen molar-refractivity contribution in [2.75, 3.05) is 0 Å². The lowest BCUT2D eigenvalue weighted by molar-refractivity contribution is -0.109. The Morgan fingerprint density at radius 2 is 1.93 bits per heavy atom. The molecule has 2 heterocycles. The third kappa shape index (κ3) is 3.48. The van der Waals surface area contributed by atoms with Gasteiger partial charge in [0.1, 0.15) is 18.3 Å². The third-order valence-corrected chi connectivity index (χ3v) is 4.26. The number of hydrogen-bond donors (Lipinski definition) is 2. The van der Waals surface area contributed by atoms with Gasteiger partial charge in [0.25, 0.3) is 5.91 Å². The predicted molar refractivity (Wildman–Crippen MR) is 101 cm³/mol. The van der Waals surface area contributed by atoms with Gasteiger partial charge in [0.05, 0.1) is 23.3 Å². The van der Waals surface area contributed by atoms with Crippen molar-refractivity contribution in [2.24, 2.45) is 0 Å². The summed E-state index contributed by atoms with van der Waals surface area (Å²) in [6.45, 7) is 0. The second kappa shape index (κ2) is 7.25. The number of aromatic amines is 1. The first kappa shape index (κ1) is 16.7. The van der Waals surface area contributed by atoms with Gasteiger partial charge in [-0.1, -0.05) is 42.5 Å². The Morgan fingerprint density at radius 1 is 1.15 bits per heavy atom. The fraction of sp³-hybridized carbons (Fsp3) is 0.100. The largest absolute Gasteiger partial charge is 0.341 e. The van der Waals surface area contributed by atoms with E-state index in [2.05, 4.69) is 20.3 Å². The van der Waals surface area contributed by atoms with Crippen LogP contribution in [0.1, 0.15) is 16.1 Å². The lowest BCUT2D eigenvalue weighted by atomic mass is 10.1. The molecule has 7 heteroatoms. The normalized spacial score (nSPS) is 12.0. The molecular formula is C20H17N5O2. The van der Waals surface area contributed by atoms with Crippen molar-refractivity contribution in [1.82, 2.24) is 24.8 Å². The number of nitrogens with one attached hydrogen (secondary N) is 2. The van der Waals surface area contributed by atoms with Crippen LogP contribution in [-0.4, -0.2) is 37.8 Å². The minimum absolute atomic E-state index is 0.300. The number of amides is 1. The molecule has 7 nitrogen and oxygen atoms in total. The van der Waals surface area contributed by atoms with E-state index in [-0.39, 0.29) is 5.91 Å². The zero-order valence-electron chi connectivity index (χ0n) is 14.4. The fourth-order valence-electron chi connectivity index (χ4n) is 2.93. The van der Waals surface area contributed by atoms with Crippen molar-refractivity contribution < 1.29 is 9.59 Å². The van der Waals surface area contributed by atoms with Gasteiger partial charge in [0.2, 0.25) is 5.95 Å². The Bertz CT molecular complexity index is 1050. The molecule has 0 aliphatic carbocycles. The molecule has 4 aromatic rings. The highest BCUT2D eigenvalue weighted by atomic mass is 16.2. The van der Waals surface area contributed by atoms with Crippen molar-refractivity contribution in [3.05, 3.63) is 78.4 Å².